The van der Waals surface area contributed by atoms with Gasteiger partial charge in [0.15, 0.2) is 0 Å². The molecule has 1 aromatic rings. The minimum absolute atomic E-state index is 0.258. The van der Waals surface area contributed by atoms with Gasteiger partial charge in [-0.1, -0.05) is 0 Å². The van der Waals surface area contributed by atoms with Gasteiger partial charge in [0.2, 0.25) is 0 Å². The fourth-order valence-corrected chi connectivity index (χ4v) is 5.41. The van der Waals surface area contributed by atoms with E-state index in [1.165, 1.54) is 42.5 Å². The lowest BCUT2D eigenvalue weighted by Gasteiger charge is -2.23. The average Bonchev–Trinajstić information content (AvgIpc) is 3.20. The van der Waals surface area contributed by atoms with E-state index in [0.29, 0.717) is 6.10 Å². The molecule has 0 radical (unpaired) electrons. The zero-order chi connectivity index (χ0) is 16.4. The van der Waals surface area contributed by atoms with Gasteiger partial charge >= 0.3 is 0 Å². The molecule has 2 saturated heterocycles. The summed E-state index contributed by atoms with van der Waals surface area (Å²) in [5.74, 6) is 0.258. The molecule has 3 aliphatic rings. The minimum Gasteiger partial charge on any atom is -0.377 e. The van der Waals surface area contributed by atoms with Crippen LogP contribution in [-0.2, 0) is 17.6 Å². The van der Waals surface area contributed by atoms with Crippen LogP contribution < -0.4 is 0 Å². The van der Waals surface area contributed by atoms with E-state index in [-0.39, 0.29) is 5.91 Å². The second kappa shape index (κ2) is 7.54. The Labute approximate surface area is 148 Å². The standard InChI is InChI=1S/C19H28N2O2S/c22-19(18-13-15-5-1-2-7-17(15)24-18)21-9-4-8-20(10-11-21)14-16-6-3-12-23-16/h13,16H,1-12,14H2/t16-/m1/s1. The number of rotatable bonds is 3. The third-order valence-electron chi connectivity index (χ3n) is 5.57. The minimum atomic E-state index is 0.258. The summed E-state index contributed by atoms with van der Waals surface area (Å²) in [6.45, 7) is 5.78. The molecule has 2 aliphatic heterocycles. The van der Waals surface area contributed by atoms with Crippen molar-refractivity contribution >= 4 is 17.2 Å². The van der Waals surface area contributed by atoms with E-state index in [4.69, 9.17) is 4.74 Å². The molecule has 24 heavy (non-hydrogen) atoms. The number of hydrogen-bond donors (Lipinski definition) is 0. The number of nitrogens with zero attached hydrogens (tertiary/aromatic N) is 2. The molecule has 1 amide bonds. The lowest BCUT2D eigenvalue weighted by Crippen LogP contribution is -2.37. The lowest BCUT2D eigenvalue weighted by atomic mass is 9.99. The van der Waals surface area contributed by atoms with E-state index in [0.717, 1.165) is 57.0 Å². The Morgan fingerprint density at radius 3 is 2.88 bits per heavy atom. The van der Waals surface area contributed by atoms with Crippen molar-refractivity contribution in [3.8, 4) is 0 Å². The van der Waals surface area contributed by atoms with Gasteiger partial charge in [-0.15, -0.1) is 11.3 Å². The maximum absolute atomic E-state index is 12.9. The Morgan fingerprint density at radius 1 is 1.12 bits per heavy atom. The summed E-state index contributed by atoms with van der Waals surface area (Å²) in [4.78, 5) is 19.9. The summed E-state index contributed by atoms with van der Waals surface area (Å²) in [6, 6.07) is 2.18. The molecule has 3 heterocycles. The fraction of sp³-hybridized carbons (Fsp3) is 0.737. The van der Waals surface area contributed by atoms with Gasteiger partial charge in [-0.05, 0) is 63.1 Å². The second-order valence-electron chi connectivity index (χ2n) is 7.35. The van der Waals surface area contributed by atoms with Crippen molar-refractivity contribution in [2.24, 2.45) is 0 Å². The summed E-state index contributed by atoms with van der Waals surface area (Å²) in [5.41, 5.74) is 1.43. The van der Waals surface area contributed by atoms with Crippen LogP contribution in [0.25, 0.3) is 0 Å². The highest BCUT2D eigenvalue weighted by Gasteiger charge is 2.25. The maximum Gasteiger partial charge on any atom is 0.263 e. The SMILES string of the molecule is O=C(c1cc2c(s1)CCCC2)N1CCCN(C[C@H]2CCCO2)CC1. The quantitative estimate of drug-likeness (QED) is 0.842. The summed E-state index contributed by atoms with van der Waals surface area (Å²) >= 11 is 1.75. The molecular weight excluding hydrogens is 320 g/mol. The summed E-state index contributed by atoms with van der Waals surface area (Å²) in [6.07, 6.45) is 8.77. The highest BCUT2D eigenvalue weighted by molar-refractivity contribution is 7.14. The number of aryl methyl sites for hydroxylation is 2. The van der Waals surface area contributed by atoms with Crippen LogP contribution in [0, 0.1) is 0 Å². The molecule has 0 aromatic carbocycles. The van der Waals surface area contributed by atoms with Crippen LogP contribution in [0.5, 0.6) is 0 Å². The van der Waals surface area contributed by atoms with Gasteiger partial charge in [-0.25, -0.2) is 0 Å². The Balaban J connectivity index is 1.35. The molecule has 2 fully saturated rings. The number of hydrogen-bond acceptors (Lipinski definition) is 4. The van der Waals surface area contributed by atoms with Crippen molar-refractivity contribution in [3.63, 3.8) is 0 Å². The first-order valence-corrected chi connectivity index (χ1v) is 10.4. The van der Waals surface area contributed by atoms with Crippen LogP contribution in [0.15, 0.2) is 6.07 Å². The largest absolute Gasteiger partial charge is 0.377 e. The lowest BCUT2D eigenvalue weighted by molar-refractivity contribution is 0.0706. The third kappa shape index (κ3) is 3.68. The van der Waals surface area contributed by atoms with E-state index < -0.39 is 0 Å². The molecule has 0 N–H and O–H groups in total. The molecule has 0 unspecified atom stereocenters. The van der Waals surface area contributed by atoms with E-state index >= 15 is 0 Å². The van der Waals surface area contributed by atoms with Crippen molar-refractivity contribution in [2.45, 2.75) is 51.0 Å². The molecule has 0 bridgehead atoms. The predicted octanol–water partition coefficient (Wildman–Crippen LogP) is 2.95. The van der Waals surface area contributed by atoms with E-state index in [9.17, 15) is 4.79 Å². The van der Waals surface area contributed by atoms with Gasteiger partial charge in [-0.2, -0.15) is 0 Å². The zero-order valence-electron chi connectivity index (χ0n) is 14.5. The van der Waals surface area contributed by atoms with Gasteiger partial charge in [0.1, 0.15) is 0 Å². The third-order valence-corrected chi connectivity index (χ3v) is 6.79. The summed E-state index contributed by atoms with van der Waals surface area (Å²) < 4.78 is 5.77. The van der Waals surface area contributed by atoms with Crippen molar-refractivity contribution in [2.75, 3.05) is 39.3 Å². The molecular formula is C19H28N2O2S. The van der Waals surface area contributed by atoms with Gasteiger partial charge < -0.3 is 9.64 Å². The molecule has 5 heteroatoms. The number of thiophene rings is 1. The number of amides is 1. The first-order valence-electron chi connectivity index (χ1n) is 9.54. The Hall–Kier alpha value is -0.910. The number of fused-ring (bicyclic) bond motifs is 1. The van der Waals surface area contributed by atoms with E-state index in [1.54, 1.807) is 11.3 Å². The molecule has 1 aromatic heterocycles. The normalized spacial score (nSPS) is 25.5. The van der Waals surface area contributed by atoms with Gasteiger partial charge in [-0.3, -0.25) is 9.69 Å². The van der Waals surface area contributed by atoms with Crippen LogP contribution in [0.4, 0.5) is 0 Å². The van der Waals surface area contributed by atoms with Crippen molar-refractivity contribution in [1.82, 2.24) is 9.80 Å². The van der Waals surface area contributed by atoms with Crippen molar-refractivity contribution < 1.29 is 9.53 Å². The van der Waals surface area contributed by atoms with Crippen LogP contribution in [0.1, 0.15) is 52.2 Å². The molecule has 132 valence electrons. The number of carbonyl (C=O) groups is 1. The highest BCUT2D eigenvalue weighted by atomic mass is 32.1. The highest BCUT2D eigenvalue weighted by Crippen LogP contribution is 2.30. The summed E-state index contributed by atoms with van der Waals surface area (Å²) in [5, 5.41) is 0. The number of carbonyl (C=O) groups excluding carboxylic acids is 1. The first-order chi connectivity index (χ1) is 11.8. The van der Waals surface area contributed by atoms with E-state index in [1.807, 2.05) is 0 Å². The predicted molar refractivity (Wildman–Crippen MR) is 96.9 cm³/mol. The average molecular weight is 349 g/mol. The fourth-order valence-electron chi connectivity index (χ4n) is 4.18. The smallest absolute Gasteiger partial charge is 0.263 e. The maximum atomic E-state index is 12.9. The Kier molecular flexibility index (Phi) is 5.20. The van der Waals surface area contributed by atoms with Crippen LogP contribution in [0.2, 0.25) is 0 Å². The monoisotopic (exact) mass is 348 g/mol. The van der Waals surface area contributed by atoms with Gasteiger partial charge in [0.05, 0.1) is 11.0 Å². The Bertz CT molecular complexity index is 556. The van der Waals surface area contributed by atoms with Gasteiger partial charge in [0, 0.05) is 37.7 Å². The number of ether oxygens (including phenoxy) is 1. The van der Waals surface area contributed by atoms with Gasteiger partial charge in [0.25, 0.3) is 5.91 Å². The molecule has 0 saturated carbocycles. The molecule has 0 spiro atoms. The molecule has 1 aliphatic carbocycles. The zero-order valence-corrected chi connectivity index (χ0v) is 15.3. The molecule has 4 nitrogen and oxygen atoms in total. The van der Waals surface area contributed by atoms with E-state index in [2.05, 4.69) is 15.9 Å². The first kappa shape index (κ1) is 16.6. The summed E-state index contributed by atoms with van der Waals surface area (Å²) in [7, 11) is 0. The molecule has 1 atom stereocenters. The van der Waals surface area contributed by atoms with Crippen molar-refractivity contribution in [1.29, 1.82) is 0 Å². The second-order valence-corrected chi connectivity index (χ2v) is 8.48. The topological polar surface area (TPSA) is 32.8 Å². The van der Waals surface area contributed by atoms with Crippen molar-refractivity contribution in [3.05, 3.63) is 21.4 Å². The van der Waals surface area contributed by atoms with Crippen LogP contribution in [0.3, 0.4) is 0 Å². The van der Waals surface area contributed by atoms with Crippen LogP contribution in [-0.4, -0.2) is 61.1 Å². The van der Waals surface area contributed by atoms with Crippen LogP contribution >= 0.6 is 11.3 Å². The Morgan fingerprint density at radius 2 is 2.04 bits per heavy atom. The molecule has 4 rings (SSSR count).